The maximum absolute atomic E-state index is 11.1. The molecule has 0 spiro atoms. The van der Waals surface area contributed by atoms with Gasteiger partial charge in [0, 0.05) is 0 Å². The van der Waals surface area contributed by atoms with Crippen LogP contribution >= 0.6 is 0 Å². The van der Waals surface area contributed by atoms with Gasteiger partial charge >= 0.3 is 11.9 Å². The third kappa shape index (κ3) is 4.96. The van der Waals surface area contributed by atoms with Crippen LogP contribution in [-0.2, 0) is 23.9 Å². The summed E-state index contributed by atoms with van der Waals surface area (Å²) in [6.07, 6.45) is -0.338. The van der Waals surface area contributed by atoms with E-state index in [1.54, 1.807) is 0 Å². The fourth-order valence-corrected chi connectivity index (χ4v) is 0.826. The van der Waals surface area contributed by atoms with Crippen molar-refractivity contribution >= 4 is 17.8 Å². The second-order valence-corrected chi connectivity index (χ2v) is 2.58. The number of aliphatic hydroxyl groups is 1. The monoisotopic (exact) mass is 219 g/mol. The van der Waals surface area contributed by atoms with Crippen molar-refractivity contribution in [2.24, 2.45) is 0 Å². The van der Waals surface area contributed by atoms with Crippen LogP contribution in [0.15, 0.2) is 0 Å². The van der Waals surface area contributed by atoms with Gasteiger partial charge in [-0.05, 0) is 0 Å². The molecule has 0 aromatic heterocycles. The highest BCUT2D eigenvalue weighted by atomic mass is 16.5. The molecule has 0 aromatic carbocycles. The van der Waals surface area contributed by atoms with Crippen LogP contribution in [0.2, 0.25) is 0 Å². The number of hydrogen-bond donors (Lipinski definition) is 2. The number of methoxy groups -OCH3 is 2. The van der Waals surface area contributed by atoms with E-state index in [-0.39, 0.29) is 6.42 Å². The van der Waals surface area contributed by atoms with E-state index < -0.39 is 30.5 Å². The van der Waals surface area contributed by atoms with Crippen LogP contribution < -0.4 is 5.32 Å². The second kappa shape index (κ2) is 6.77. The number of hydrogen-bond acceptors (Lipinski definition) is 6. The van der Waals surface area contributed by atoms with Crippen LogP contribution in [0.5, 0.6) is 0 Å². The molecule has 0 aliphatic rings. The largest absolute Gasteiger partial charge is 0.469 e. The Bertz CT molecular complexity index is 234. The van der Waals surface area contributed by atoms with Gasteiger partial charge in [0.15, 0.2) is 0 Å². The summed E-state index contributed by atoms with van der Waals surface area (Å²) in [6.45, 7) is -0.769. The van der Waals surface area contributed by atoms with Crippen molar-refractivity contribution in [3.8, 4) is 0 Å². The summed E-state index contributed by atoms with van der Waals surface area (Å²) in [5.74, 6) is -2.21. The lowest BCUT2D eigenvalue weighted by atomic mass is 10.2. The molecule has 1 atom stereocenters. The number of amides is 1. The van der Waals surface area contributed by atoms with Gasteiger partial charge in [-0.3, -0.25) is 9.59 Å². The fourth-order valence-electron chi connectivity index (χ4n) is 0.826. The van der Waals surface area contributed by atoms with Crippen LogP contribution in [0.4, 0.5) is 0 Å². The Balaban J connectivity index is 4.37. The highest BCUT2D eigenvalue weighted by molar-refractivity contribution is 5.88. The molecular formula is C8H13NO6. The molecule has 15 heavy (non-hydrogen) atoms. The Hall–Kier alpha value is -1.63. The van der Waals surface area contributed by atoms with E-state index in [0.717, 1.165) is 14.2 Å². The highest BCUT2D eigenvalue weighted by Gasteiger charge is 2.24. The molecule has 7 nitrogen and oxygen atoms in total. The van der Waals surface area contributed by atoms with Crippen LogP contribution in [0.1, 0.15) is 6.42 Å². The minimum atomic E-state index is -1.14. The lowest BCUT2D eigenvalue weighted by Crippen LogP contribution is -2.44. The van der Waals surface area contributed by atoms with Gasteiger partial charge in [-0.2, -0.15) is 0 Å². The molecule has 0 aliphatic heterocycles. The lowest BCUT2D eigenvalue weighted by Gasteiger charge is -2.14. The Kier molecular flexibility index (Phi) is 6.03. The van der Waals surface area contributed by atoms with E-state index in [1.165, 1.54) is 0 Å². The van der Waals surface area contributed by atoms with Crippen molar-refractivity contribution in [1.29, 1.82) is 0 Å². The number of rotatable bonds is 5. The molecule has 0 saturated carbocycles. The van der Waals surface area contributed by atoms with Crippen molar-refractivity contribution < 1.29 is 29.0 Å². The molecule has 0 aliphatic carbocycles. The predicted molar refractivity (Wildman–Crippen MR) is 47.7 cm³/mol. The summed E-state index contributed by atoms with van der Waals surface area (Å²) in [5.41, 5.74) is 0. The van der Waals surface area contributed by atoms with E-state index in [0.29, 0.717) is 0 Å². The standard InChI is InChI=1S/C8H13NO6/c1-14-7(12)3-5(8(13)15-2)9-6(11)4-10/h5,10H,3-4H2,1-2H3,(H,9,11)/t5-/m1/s1. The first-order valence-corrected chi connectivity index (χ1v) is 4.10. The van der Waals surface area contributed by atoms with Crippen molar-refractivity contribution in [1.82, 2.24) is 5.32 Å². The average molecular weight is 219 g/mol. The van der Waals surface area contributed by atoms with Crippen molar-refractivity contribution in [2.75, 3.05) is 20.8 Å². The van der Waals surface area contributed by atoms with E-state index in [1.807, 2.05) is 0 Å². The van der Waals surface area contributed by atoms with Gasteiger partial charge in [0.2, 0.25) is 5.91 Å². The number of carbonyl (C=O) groups is 3. The van der Waals surface area contributed by atoms with Gasteiger partial charge in [-0.25, -0.2) is 4.79 Å². The molecular weight excluding hydrogens is 206 g/mol. The number of carbonyl (C=O) groups excluding carboxylic acids is 3. The third-order valence-corrected chi connectivity index (χ3v) is 1.56. The minimum Gasteiger partial charge on any atom is -0.469 e. The van der Waals surface area contributed by atoms with E-state index >= 15 is 0 Å². The normalized spacial score (nSPS) is 11.4. The van der Waals surface area contributed by atoms with Crippen molar-refractivity contribution in [2.45, 2.75) is 12.5 Å². The number of ether oxygens (including phenoxy) is 2. The maximum atomic E-state index is 11.1. The summed E-state index contributed by atoms with van der Waals surface area (Å²) in [4.78, 5) is 32.7. The zero-order valence-electron chi connectivity index (χ0n) is 8.48. The number of esters is 2. The summed E-state index contributed by atoms with van der Waals surface area (Å²) in [5, 5.41) is 10.6. The summed E-state index contributed by atoms with van der Waals surface area (Å²) in [6, 6.07) is -1.14. The summed E-state index contributed by atoms with van der Waals surface area (Å²) < 4.78 is 8.69. The summed E-state index contributed by atoms with van der Waals surface area (Å²) >= 11 is 0. The Morgan fingerprint density at radius 2 is 1.87 bits per heavy atom. The average Bonchev–Trinajstić information content (AvgIpc) is 2.26. The van der Waals surface area contributed by atoms with Gasteiger partial charge in [0.25, 0.3) is 0 Å². The highest BCUT2D eigenvalue weighted by Crippen LogP contribution is 1.97. The third-order valence-electron chi connectivity index (χ3n) is 1.56. The molecule has 1 amide bonds. The van der Waals surface area contributed by atoms with E-state index in [9.17, 15) is 14.4 Å². The fraction of sp³-hybridized carbons (Fsp3) is 0.625. The first kappa shape index (κ1) is 13.4. The van der Waals surface area contributed by atoms with Gasteiger partial charge < -0.3 is 19.9 Å². The topological polar surface area (TPSA) is 102 Å². The molecule has 2 N–H and O–H groups in total. The molecule has 0 radical (unpaired) electrons. The molecule has 0 bridgehead atoms. The molecule has 0 saturated heterocycles. The van der Waals surface area contributed by atoms with E-state index in [2.05, 4.69) is 14.8 Å². The maximum Gasteiger partial charge on any atom is 0.328 e. The van der Waals surface area contributed by atoms with Gasteiger partial charge in [0.1, 0.15) is 12.6 Å². The number of nitrogens with one attached hydrogen (secondary N) is 1. The van der Waals surface area contributed by atoms with Crippen molar-refractivity contribution in [3.63, 3.8) is 0 Å². The second-order valence-electron chi connectivity index (χ2n) is 2.58. The molecule has 7 heteroatoms. The minimum absolute atomic E-state index is 0.338. The van der Waals surface area contributed by atoms with Gasteiger partial charge in [0.05, 0.1) is 20.6 Å². The van der Waals surface area contributed by atoms with Gasteiger partial charge in [-0.15, -0.1) is 0 Å². The molecule has 0 heterocycles. The van der Waals surface area contributed by atoms with Crippen LogP contribution in [-0.4, -0.2) is 49.8 Å². The zero-order chi connectivity index (χ0) is 11.8. The molecule has 0 aromatic rings. The van der Waals surface area contributed by atoms with Crippen LogP contribution in [0.3, 0.4) is 0 Å². The molecule has 0 rings (SSSR count). The van der Waals surface area contributed by atoms with Crippen LogP contribution in [0.25, 0.3) is 0 Å². The predicted octanol–water partition coefficient (Wildman–Crippen LogP) is -1.80. The van der Waals surface area contributed by atoms with Gasteiger partial charge in [-0.1, -0.05) is 0 Å². The van der Waals surface area contributed by atoms with Crippen LogP contribution in [0, 0.1) is 0 Å². The Morgan fingerprint density at radius 1 is 1.27 bits per heavy atom. The lowest BCUT2D eigenvalue weighted by molar-refractivity contribution is -0.150. The molecule has 86 valence electrons. The Labute approximate surface area is 86.3 Å². The molecule has 0 unspecified atom stereocenters. The first-order chi connectivity index (χ1) is 7.04. The SMILES string of the molecule is COC(=O)C[C@@H](NC(=O)CO)C(=O)OC. The van der Waals surface area contributed by atoms with Crippen molar-refractivity contribution in [3.05, 3.63) is 0 Å². The quantitative estimate of drug-likeness (QED) is 0.529. The summed E-state index contributed by atoms with van der Waals surface area (Å²) in [7, 11) is 2.28. The zero-order valence-corrected chi connectivity index (χ0v) is 8.48. The smallest absolute Gasteiger partial charge is 0.328 e. The number of aliphatic hydroxyl groups excluding tert-OH is 1. The van der Waals surface area contributed by atoms with E-state index in [4.69, 9.17) is 5.11 Å². The molecule has 0 fully saturated rings. The first-order valence-electron chi connectivity index (χ1n) is 4.10. The Morgan fingerprint density at radius 3 is 2.27 bits per heavy atom.